The number of nitrogens with one attached hydrogen (secondary N) is 1. The van der Waals surface area contributed by atoms with Gasteiger partial charge in [0.15, 0.2) is 0 Å². The lowest BCUT2D eigenvalue weighted by atomic mass is 9.74. The lowest BCUT2D eigenvalue weighted by molar-refractivity contribution is 0.112. The standard InChI is InChI=1S/C24H29BN4O2/c1-5-6-24(25,31)21-8-15(3)19(13-26-21)18-9-17-12-28-22(27-11-16-7-14(16)2)10-20(17)29(4)23(18)30/h8-10,12-14,16,31H,5-7,11H2,1-4H3,(H,27,28). The third-order valence-electron chi connectivity index (χ3n) is 6.41. The van der Waals surface area contributed by atoms with Crippen LogP contribution in [0.1, 0.15) is 44.4 Å². The van der Waals surface area contributed by atoms with Crippen molar-refractivity contribution in [3.8, 4) is 11.1 Å². The number of hydrogen-bond donors (Lipinski definition) is 2. The van der Waals surface area contributed by atoms with E-state index >= 15 is 0 Å². The molecule has 6 nitrogen and oxygen atoms in total. The molecule has 0 amide bonds. The summed E-state index contributed by atoms with van der Waals surface area (Å²) in [6.45, 7) is 7.02. The first-order valence-electron chi connectivity index (χ1n) is 10.9. The molecule has 0 aliphatic heterocycles. The molecule has 3 atom stereocenters. The van der Waals surface area contributed by atoms with Gasteiger partial charge in [-0.25, -0.2) is 4.98 Å². The highest BCUT2D eigenvalue weighted by molar-refractivity contribution is 6.14. The molecule has 1 aliphatic rings. The zero-order valence-corrected chi connectivity index (χ0v) is 18.6. The van der Waals surface area contributed by atoms with Crippen molar-refractivity contribution in [2.75, 3.05) is 11.9 Å². The van der Waals surface area contributed by atoms with Crippen molar-refractivity contribution >= 4 is 24.6 Å². The van der Waals surface area contributed by atoms with Crippen LogP contribution in [0.2, 0.25) is 0 Å². The zero-order valence-electron chi connectivity index (χ0n) is 18.6. The molecule has 2 N–H and O–H groups in total. The molecule has 1 aliphatic carbocycles. The molecule has 0 spiro atoms. The maximum absolute atomic E-state index is 13.2. The fraction of sp³-hybridized carbons (Fsp3) is 0.458. The Kier molecular flexibility index (Phi) is 5.64. The Labute approximate surface area is 184 Å². The number of anilines is 1. The molecule has 3 heterocycles. The van der Waals surface area contributed by atoms with Crippen molar-refractivity contribution in [1.29, 1.82) is 0 Å². The second kappa shape index (κ2) is 8.11. The molecule has 1 saturated carbocycles. The van der Waals surface area contributed by atoms with Crippen LogP contribution in [0.3, 0.4) is 0 Å². The van der Waals surface area contributed by atoms with E-state index < -0.39 is 5.50 Å². The normalized spacial score (nSPS) is 19.9. The summed E-state index contributed by atoms with van der Waals surface area (Å²) in [5.41, 5.74) is 1.78. The van der Waals surface area contributed by atoms with E-state index in [1.54, 1.807) is 30.1 Å². The van der Waals surface area contributed by atoms with Crippen molar-refractivity contribution in [2.45, 2.75) is 45.5 Å². The number of pyridine rings is 3. The van der Waals surface area contributed by atoms with Gasteiger partial charge in [0.2, 0.25) is 0 Å². The van der Waals surface area contributed by atoms with Gasteiger partial charge in [0.05, 0.1) is 16.7 Å². The summed E-state index contributed by atoms with van der Waals surface area (Å²) in [4.78, 5) is 22.1. The highest BCUT2D eigenvalue weighted by Gasteiger charge is 2.32. The molecule has 3 aromatic heterocycles. The van der Waals surface area contributed by atoms with Crippen LogP contribution in [0, 0.1) is 18.8 Å². The van der Waals surface area contributed by atoms with E-state index in [4.69, 9.17) is 7.85 Å². The summed E-state index contributed by atoms with van der Waals surface area (Å²) >= 11 is 0. The van der Waals surface area contributed by atoms with Gasteiger partial charge in [-0.2, -0.15) is 0 Å². The minimum absolute atomic E-state index is 0.102. The molecule has 3 unspecified atom stereocenters. The highest BCUT2D eigenvalue weighted by Crippen LogP contribution is 2.37. The number of fused-ring (bicyclic) bond motifs is 1. The van der Waals surface area contributed by atoms with Crippen LogP contribution in [0.15, 0.2) is 35.4 Å². The summed E-state index contributed by atoms with van der Waals surface area (Å²) in [6.07, 6.45) is 5.84. The average molecular weight is 416 g/mol. The van der Waals surface area contributed by atoms with Crippen LogP contribution in [0.4, 0.5) is 5.82 Å². The minimum Gasteiger partial charge on any atom is -0.394 e. The number of aryl methyl sites for hydroxylation is 2. The number of nitrogens with zero attached hydrogens (tertiary/aromatic N) is 3. The van der Waals surface area contributed by atoms with Gasteiger partial charge in [-0.1, -0.05) is 20.3 Å². The first-order valence-corrected chi connectivity index (χ1v) is 10.9. The van der Waals surface area contributed by atoms with Gasteiger partial charge in [-0.3, -0.25) is 9.78 Å². The summed E-state index contributed by atoms with van der Waals surface area (Å²) in [5, 5.41) is 14.7. The molecular formula is C24H29BN4O2. The lowest BCUT2D eigenvalue weighted by Gasteiger charge is -2.23. The van der Waals surface area contributed by atoms with Crippen molar-refractivity contribution in [3.63, 3.8) is 0 Å². The summed E-state index contributed by atoms with van der Waals surface area (Å²) in [7, 11) is 7.79. The van der Waals surface area contributed by atoms with Crippen LogP contribution in [-0.4, -0.2) is 34.0 Å². The van der Waals surface area contributed by atoms with Gasteiger partial charge in [-0.15, -0.1) is 0 Å². The van der Waals surface area contributed by atoms with Crippen molar-refractivity contribution in [2.24, 2.45) is 18.9 Å². The third kappa shape index (κ3) is 4.24. The van der Waals surface area contributed by atoms with E-state index in [9.17, 15) is 9.90 Å². The fourth-order valence-corrected chi connectivity index (χ4v) is 4.16. The van der Waals surface area contributed by atoms with Gasteiger partial charge in [0.1, 0.15) is 13.7 Å². The summed E-state index contributed by atoms with van der Waals surface area (Å²) in [5.74, 6) is 2.28. The molecule has 3 aromatic rings. The molecular weight excluding hydrogens is 387 g/mol. The van der Waals surface area contributed by atoms with Gasteiger partial charge in [-0.05, 0) is 49.3 Å². The molecule has 7 heteroatoms. The first-order chi connectivity index (χ1) is 14.7. The molecule has 0 bridgehead atoms. The Hall–Kier alpha value is -2.67. The van der Waals surface area contributed by atoms with Crippen LogP contribution < -0.4 is 10.9 Å². The molecule has 1 fully saturated rings. The van der Waals surface area contributed by atoms with Crippen molar-refractivity contribution in [3.05, 3.63) is 52.2 Å². The lowest BCUT2D eigenvalue weighted by Crippen LogP contribution is -2.27. The SMILES string of the molecule is [B]C(O)(CCC)c1cc(C)c(-c2cc3cnc(NCC4CC4C)cc3n(C)c2=O)cn1. The van der Waals surface area contributed by atoms with Crippen LogP contribution in [-0.2, 0) is 12.5 Å². The second-order valence-corrected chi connectivity index (χ2v) is 8.96. The number of aromatic nitrogens is 3. The number of aliphatic hydroxyl groups is 1. The Bertz CT molecular complexity index is 1190. The molecule has 160 valence electrons. The van der Waals surface area contributed by atoms with E-state index in [2.05, 4.69) is 22.2 Å². The number of rotatable bonds is 7. The number of hydrogen-bond acceptors (Lipinski definition) is 5. The maximum Gasteiger partial charge on any atom is 0.258 e. The monoisotopic (exact) mass is 416 g/mol. The van der Waals surface area contributed by atoms with E-state index in [1.807, 2.05) is 26.0 Å². The Morgan fingerprint density at radius 3 is 2.65 bits per heavy atom. The molecule has 0 saturated heterocycles. The van der Waals surface area contributed by atoms with Crippen LogP contribution in [0.25, 0.3) is 22.0 Å². The van der Waals surface area contributed by atoms with Gasteiger partial charge in [0.25, 0.3) is 5.56 Å². The quantitative estimate of drug-likeness (QED) is 0.577. The molecule has 4 rings (SSSR count). The van der Waals surface area contributed by atoms with E-state index in [1.165, 1.54) is 6.42 Å². The molecule has 0 aromatic carbocycles. The predicted molar refractivity (Wildman–Crippen MR) is 125 cm³/mol. The van der Waals surface area contributed by atoms with E-state index in [0.717, 1.165) is 46.7 Å². The minimum atomic E-state index is -1.47. The average Bonchev–Trinajstić information content (AvgIpc) is 3.44. The van der Waals surface area contributed by atoms with Crippen LogP contribution >= 0.6 is 0 Å². The summed E-state index contributed by atoms with van der Waals surface area (Å²) < 4.78 is 1.65. The van der Waals surface area contributed by atoms with Gasteiger partial charge in [0, 0.05) is 48.6 Å². The summed E-state index contributed by atoms with van der Waals surface area (Å²) in [6, 6.07) is 5.56. The van der Waals surface area contributed by atoms with E-state index in [0.29, 0.717) is 23.6 Å². The zero-order chi connectivity index (χ0) is 22.3. The fourth-order valence-electron chi connectivity index (χ4n) is 4.16. The van der Waals surface area contributed by atoms with E-state index in [-0.39, 0.29) is 5.56 Å². The molecule has 2 radical (unpaired) electrons. The van der Waals surface area contributed by atoms with Crippen LogP contribution in [0.5, 0.6) is 0 Å². The molecule has 31 heavy (non-hydrogen) atoms. The van der Waals surface area contributed by atoms with Gasteiger partial charge >= 0.3 is 0 Å². The largest absolute Gasteiger partial charge is 0.394 e. The first kappa shape index (κ1) is 21.6. The Morgan fingerprint density at radius 2 is 2.00 bits per heavy atom. The Balaban J connectivity index is 1.69. The van der Waals surface area contributed by atoms with Crippen molar-refractivity contribution in [1.82, 2.24) is 14.5 Å². The highest BCUT2D eigenvalue weighted by atomic mass is 16.3. The topological polar surface area (TPSA) is 80.0 Å². The Morgan fingerprint density at radius 1 is 1.26 bits per heavy atom. The van der Waals surface area contributed by atoms with Gasteiger partial charge < -0.3 is 15.0 Å². The second-order valence-electron chi connectivity index (χ2n) is 8.96. The third-order valence-corrected chi connectivity index (χ3v) is 6.41. The maximum atomic E-state index is 13.2. The van der Waals surface area contributed by atoms with Crippen molar-refractivity contribution < 1.29 is 5.11 Å². The predicted octanol–water partition coefficient (Wildman–Crippen LogP) is 3.49. The smallest absolute Gasteiger partial charge is 0.258 e.